The minimum atomic E-state index is -0.537. The number of nitrogens with two attached hydrogens (primary N) is 2. The second kappa shape index (κ2) is 5.12. The van der Waals surface area contributed by atoms with Crippen molar-refractivity contribution in [2.24, 2.45) is 5.84 Å². The molecule has 88 valence electrons. The number of nitrogen functional groups attached to an aromatic ring is 2. The summed E-state index contributed by atoms with van der Waals surface area (Å²) >= 11 is 0. The summed E-state index contributed by atoms with van der Waals surface area (Å²) in [6, 6.07) is 0.987. The van der Waals surface area contributed by atoms with Gasteiger partial charge in [0.2, 0.25) is 5.95 Å². The fourth-order valence-corrected chi connectivity index (χ4v) is 1.07. The zero-order valence-corrected chi connectivity index (χ0v) is 9.02. The van der Waals surface area contributed by atoms with Crippen molar-refractivity contribution in [3.05, 3.63) is 6.07 Å². The molecule has 0 aliphatic rings. The van der Waals surface area contributed by atoms with Crippen molar-refractivity contribution in [2.45, 2.75) is 13.0 Å². The first-order valence-corrected chi connectivity index (χ1v) is 4.52. The van der Waals surface area contributed by atoms with Gasteiger partial charge in [-0.05, 0) is 6.92 Å². The van der Waals surface area contributed by atoms with Gasteiger partial charge in [-0.1, -0.05) is 0 Å². The quantitative estimate of drug-likeness (QED) is 0.302. The lowest BCUT2D eigenvalue weighted by molar-refractivity contribution is -0.141. The largest absolute Gasteiger partial charge is 0.467 e. The number of hydrazine groups is 1. The van der Waals surface area contributed by atoms with Crippen molar-refractivity contribution >= 4 is 23.6 Å². The molecule has 0 fully saturated rings. The van der Waals surface area contributed by atoms with E-state index in [0.29, 0.717) is 11.6 Å². The maximum Gasteiger partial charge on any atom is 0.328 e. The van der Waals surface area contributed by atoms with Gasteiger partial charge in [0, 0.05) is 6.07 Å². The Labute approximate surface area is 92.4 Å². The van der Waals surface area contributed by atoms with Gasteiger partial charge in [-0.2, -0.15) is 9.97 Å². The molecule has 16 heavy (non-hydrogen) atoms. The molecule has 0 aromatic carbocycles. The Kier molecular flexibility index (Phi) is 3.84. The second-order valence-electron chi connectivity index (χ2n) is 3.03. The summed E-state index contributed by atoms with van der Waals surface area (Å²) in [6.45, 7) is 1.64. The number of carbonyl (C=O) groups is 1. The number of hydrogen-bond acceptors (Lipinski definition) is 8. The summed E-state index contributed by atoms with van der Waals surface area (Å²) < 4.78 is 4.55. The maximum absolute atomic E-state index is 11.2. The van der Waals surface area contributed by atoms with Gasteiger partial charge < -0.3 is 21.2 Å². The zero-order valence-electron chi connectivity index (χ0n) is 9.02. The van der Waals surface area contributed by atoms with E-state index in [-0.39, 0.29) is 5.95 Å². The van der Waals surface area contributed by atoms with E-state index in [0.717, 1.165) is 0 Å². The molecule has 0 aliphatic carbocycles. The smallest absolute Gasteiger partial charge is 0.328 e. The van der Waals surface area contributed by atoms with Gasteiger partial charge in [0.05, 0.1) is 7.11 Å². The lowest BCUT2D eigenvalue weighted by Gasteiger charge is -2.12. The number of nitrogens with zero attached hydrogens (tertiary/aromatic N) is 2. The highest BCUT2D eigenvalue weighted by molar-refractivity contribution is 5.78. The fraction of sp³-hybridized carbons (Fsp3) is 0.375. The van der Waals surface area contributed by atoms with E-state index in [1.54, 1.807) is 6.92 Å². The van der Waals surface area contributed by atoms with Crippen molar-refractivity contribution in [1.29, 1.82) is 0 Å². The van der Waals surface area contributed by atoms with E-state index in [9.17, 15) is 4.79 Å². The van der Waals surface area contributed by atoms with Gasteiger partial charge in [-0.15, -0.1) is 0 Å². The summed E-state index contributed by atoms with van der Waals surface area (Å²) in [5.41, 5.74) is 7.78. The molecule has 0 aliphatic heterocycles. The van der Waals surface area contributed by atoms with Crippen LogP contribution in [0.15, 0.2) is 6.07 Å². The van der Waals surface area contributed by atoms with Crippen LogP contribution in [0.4, 0.5) is 17.6 Å². The number of methoxy groups -OCH3 is 1. The van der Waals surface area contributed by atoms with Crippen molar-refractivity contribution in [3.8, 4) is 0 Å². The zero-order chi connectivity index (χ0) is 12.1. The Balaban J connectivity index is 2.80. The molecule has 0 saturated heterocycles. The standard InChI is InChI=1S/C8H14N6O2/c1-4(7(15)16-2)11-5-3-6(14-10)13-8(9)12-5/h3-4H,10H2,1-2H3,(H4,9,11,12,13,14). The summed E-state index contributed by atoms with van der Waals surface area (Å²) in [5, 5.41) is 2.81. The predicted octanol–water partition coefficient (Wildman–Crippen LogP) is -0.682. The number of anilines is 3. The minimum absolute atomic E-state index is 0.0509. The molecule has 1 heterocycles. The van der Waals surface area contributed by atoms with Crippen molar-refractivity contribution in [1.82, 2.24) is 9.97 Å². The molecule has 0 amide bonds. The van der Waals surface area contributed by atoms with Crippen LogP contribution in [0.5, 0.6) is 0 Å². The molecule has 1 aromatic rings. The molecular weight excluding hydrogens is 212 g/mol. The van der Waals surface area contributed by atoms with Crippen LogP contribution < -0.4 is 22.3 Å². The SMILES string of the molecule is COC(=O)C(C)Nc1cc(NN)nc(N)n1. The fourth-order valence-electron chi connectivity index (χ4n) is 1.07. The lowest BCUT2D eigenvalue weighted by atomic mass is 10.3. The number of nitrogens with one attached hydrogen (secondary N) is 2. The first kappa shape index (κ1) is 12.0. The highest BCUT2D eigenvalue weighted by Gasteiger charge is 2.13. The third kappa shape index (κ3) is 2.95. The van der Waals surface area contributed by atoms with E-state index in [1.807, 2.05) is 0 Å². The summed E-state index contributed by atoms with van der Waals surface area (Å²) in [5.74, 6) is 5.58. The van der Waals surface area contributed by atoms with Crippen LogP contribution in [0.25, 0.3) is 0 Å². The van der Waals surface area contributed by atoms with Crippen LogP contribution in [0.2, 0.25) is 0 Å². The average Bonchev–Trinajstić information content (AvgIpc) is 2.26. The van der Waals surface area contributed by atoms with Crippen LogP contribution in [0.1, 0.15) is 6.92 Å². The molecule has 8 nitrogen and oxygen atoms in total. The summed E-state index contributed by atoms with van der Waals surface area (Å²) in [6.07, 6.45) is 0. The molecular formula is C8H14N6O2. The molecule has 1 unspecified atom stereocenters. The maximum atomic E-state index is 11.2. The predicted molar refractivity (Wildman–Crippen MR) is 59.4 cm³/mol. The molecule has 1 atom stereocenters. The molecule has 0 saturated carbocycles. The molecule has 8 heteroatoms. The molecule has 0 bridgehead atoms. The number of rotatable bonds is 4. The van der Waals surface area contributed by atoms with Crippen LogP contribution in [-0.2, 0) is 9.53 Å². The molecule has 1 rings (SSSR count). The Hall–Kier alpha value is -2.09. The van der Waals surface area contributed by atoms with Crippen molar-refractivity contribution in [2.75, 3.05) is 23.6 Å². The van der Waals surface area contributed by atoms with Gasteiger partial charge in [0.25, 0.3) is 0 Å². The normalized spacial score (nSPS) is 11.7. The number of ether oxygens (including phenoxy) is 1. The van der Waals surface area contributed by atoms with Gasteiger partial charge in [0.15, 0.2) is 0 Å². The van der Waals surface area contributed by atoms with E-state index in [2.05, 4.69) is 25.4 Å². The third-order valence-corrected chi connectivity index (χ3v) is 1.81. The second-order valence-corrected chi connectivity index (χ2v) is 3.03. The summed E-state index contributed by atoms with van der Waals surface area (Å²) in [7, 11) is 1.31. The monoisotopic (exact) mass is 226 g/mol. The van der Waals surface area contributed by atoms with Crippen molar-refractivity contribution < 1.29 is 9.53 Å². The topological polar surface area (TPSA) is 128 Å². The van der Waals surface area contributed by atoms with Gasteiger partial charge in [-0.25, -0.2) is 10.6 Å². The Morgan fingerprint density at radius 2 is 2.12 bits per heavy atom. The van der Waals surface area contributed by atoms with Gasteiger partial charge >= 0.3 is 5.97 Å². The van der Waals surface area contributed by atoms with Crippen molar-refractivity contribution in [3.63, 3.8) is 0 Å². The Morgan fingerprint density at radius 1 is 1.50 bits per heavy atom. The summed E-state index contributed by atoms with van der Waals surface area (Å²) in [4.78, 5) is 18.8. The number of carbonyl (C=O) groups excluding carboxylic acids is 1. The van der Waals surface area contributed by atoms with Crippen LogP contribution >= 0.6 is 0 Å². The number of esters is 1. The van der Waals surface area contributed by atoms with Crippen LogP contribution in [0, 0.1) is 0 Å². The minimum Gasteiger partial charge on any atom is -0.467 e. The highest BCUT2D eigenvalue weighted by atomic mass is 16.5. The Bertz CT molecular complexity index is 383. The molecule has 1 aromatic heterocycles. The molecule has 6 N–H and O–H groups in total. The van der Waals surface area contributed by atoms with E-state index in [4.69, 9.17) is 11.6 Å². The molecule has 0 spiro atoms. The average molecular weight is 226 g/mol. The third-order valence-electron chi connectivity index (χ3n) is 1.81. The first-order chi connectivity index (χ1) is 7.56. The van der Waals surface area contributed by atoms with E-state index >= 15 is 0 Å². The highest BCUT2D eigenvalue weighted by Crippen LogP contribution is 2.12. The Morgan fingerprint density at radius 3 is 2.69 bits per heavy atom. The lowest BCUT2D eigenvalue weighted by Crippen LogP contribution is -2.28. The van der Waals surface area contributed by atoms with Crippen LogP contribution in [-0.4, -0.2) is 29.1 Å². The first-order valence-electron chi connectivity index (χ1n) is 4.52. The number of aromatic nitrogens is 2. The van der Waals surface area contributed by atoms with E-state index < -0.39 is 12.0 Å². The molecule has 0 radical (unpaired) electrons. The van der Waals surface area contributed by atoms with Gasteiger partial charge in [0.1, 0.15) is 17.7 Å². The van der Waals surface area contributed by atoms with Crippen LogP contribution in [0.3, 0.4) is 0 Å². The van der Waals surface area contributed by atoms with E-state index in [1.165, 1.54) is 13.2 Å². The number of hydrogen-bond donors (Lipinski definition) is 4. The van der Waals surface area contributed by atoms with Gasteiger partial charge in [-0.3, -0.25) is 0 Å².